The van der Waals surface area contributed by atoms with E-state index in [4.69, 9.17) is 0 Å². The monoisotopic (exact) mass is 840 g/mol. The topological polar surface area (TPSA) is 8.17 Å². The number of hydrogen-bond acceptors (Lipinski definition) is 1. The summed E-state index contributed by atoms with van der Waals surface area (Å²) in [6.07, 6.45) is 6.84. The van der Waals surface area contributed by atoms with Crippen molar-refractivity contribution in [1.29, 1.82) is 0 Å². The quantitative estimate of drug-likeness (QED) is 0.155. The van der Waals surface area contributed by atoms with Gasteiger partial charge in [0.15, 0.2) is 0 Å². The van der Waals surface area contributed by atoms with Crippen molar-refractivity contribution >= 4 is 81.8 Å². The Balaban J connectivity index is 1.02. The van der Waals surface area contributed by atoms with Crippen molar-refractivity contribution in [1.82, 2.24) is 4.57 Å². The normalized spacial score (nSPS) is 12.9. The van der Waals surface area contributed by atoms with Crippen LogP contribution in [0.15, 0.2) is 248 Å². The van der Waals surface area contributed by atoms with Gasteiger partial charge in [-0.3, -0.25) is 0 Å². The lowest BCUT2D eigenvalue weighted by Crippen LogP contribution is -2.20. The van der Waals surface area contributed by atoms with Gasteiger partial charge >= 0.3 is 0 Å². The Bertz CT molecular complexity index is 3960. The lowest BCUT2D eigenvalue weighted by Gasteiger charge is -2.34. The zero-order valence-corrected chi connectivity index (χ0v) is 36.4. The van der Waals surface area contributed by atoms with E-state index in [9.17, 15) is 0 Å². The van der Waals surface area contributed by atoms with Crippen molar-refractivity contribution in [3.8, 4) is 27.9 Å². The van der Waals surface area contributed by atoms with Crippen molar-refractivity contribution in [3.63, 3.8) is 0 Å². The van der Waals surface area contributed by atoms with Gasteiger partial charge in [-0.15, -0.1) is 0 Å². The van der Waals surface area contributed by atoms with Gasteiger partial charge in [-0.1, -0.05) is 200 Å². The molecule has 12 aromatic rings. The van der Waals surface area contributed by atoms with E-state index >= 15 is 0 Å². The summed E-state index contributed by atoms with van der Waals surface area (Å²) in [6, 6.07) is 85.1. The minimum absolute atomic E-state index is 0.944. The first-order valence-corrected chi connectivity index (χ1v) is 23.1. The fraction of sp³-hybridized carbons (Fsp3) is 0.0312. The molecule has 0 bridgehead atoms. The van der Waals surface area contributed by atoms with Crippen LogP contribution in [0, 0.1) is 0 Å². The number of allylic oxidation sites excluding steroid dienone is 3. The zero-order chi connectivity index (χ0) is 43.6. The van der Waals surface area contributed by atoms with Crippen LogP contribution in [0.3, 0.4) is 0 Å². The van der Waals surface area contributed by atoms with Gasteiger partial charge in [-0.2, -0.15) is 0 Å². The Labute approximate surface area is 384 Å². The van der Waals surface area contributed by atoms with E-state index in [0.29, 0.717) is 0 Å². The molecule has 0 N–H and O–H groups in total. The van der Waals surface area contributed by atoms with Gasteiger partial charge in [-0.25, -0.2) is 0 Å². The van der Waals surface area contributed by atoms with Crippen LogP contribution in [-0.2, 0) is 0 Å². The number of benzene rings is 11. The van der Waals surface area contributed by atoms with Crippen LogP contribution in [0.4, 0.5) is 11.4 Å². The number of nitrogens with zero attached hydrogens (tertiary/aromatic N) is 2. The standard InChI is InChI=1S/C64H44N2/c1-3-19-46-40-49(34-32-43(46)16-1)52-38-39-63(57-27-8-7-26-56(52)57)66(61-30-13-10-24-54(61)50-35-33-44-17-2-4-20-47(44)41-50)60-29-12-9-23-53(60)48-21-15-22-51(42-48)65-62-31-14-11-28-58(62)59-37-36-45-18-5-6-25-55(45)64(59)65/h1-8,10-11,13-42H,9,12H2. The molecule has 0 saturated heterocycles. The van der Waals surface area contributed by atoms with Crippen LogP contribution in [0.1, 0.15) is 18.4 Å². The summed E-state index contributed by atoms with van der Waals surface area (Å²) < 4.78 is 2.48. The average Bonchev–Trinajstić information content (AvgIpc) is 3.74. The van der Waals surface area contributed by atoms with Crippen LogP contribution >= 0.6 is 0 Å². The molecule has 1 aliphatic carbocycles. The van der Waals surface area contributed by atoms with E-state index in [0.717, 1.165) is 29.9 Å². The Morgan fingerprint density at radius 1 is 0.333 bits per heavy atom. The highest BCUT2D eigenvalue weighted by molar-refractivity contribution is 6.18. The number of anilines is 2. The van der Waals surface area contributed by atoms with Gasteiger partial charge in [0.05, 0.1) is 22.4 Å². The molecule has 0 amide bonds. The smallest absolute Gasteiger partial charge is 0.0619 e. The number of fused-ring (bicyclic) bond motifs is 8. The van der Waals surface area contributed by atoms with Crippen molar-refractivity contribution in [2.45, 2.75) is 12.8 Å². The fourth-order valence-corrected chi connectivity index (χ4v) is 10.7. The predicted octanol–water partition coefficient (Wildman–Crippen LogP) is 17.6. The lowest BCUT2D eigenvalue weighted by molar-refractivity contribution is 1.00. The lowest BCUT2D eigenvalue weighted by atomic mass is 9.91. The molecule has 0 atom stereocenters. The third-order valence-corrected chi connectivity index (χ3v) is 13.8. The molecular weight excluding hydrogens is 797 g/mol. The average molecular weight is 841 g/mol. The fourth-order valence-electron chi connectivity index (χ4n) is 10.7. The maximum Gasteiger partial charge on any atom is 0.0619 e. The van der Waals surface area contributed by atoms with E-state index < -0.39 is 0 Å². The molecule has 11 aromatic carbocycles. The molecule has 2 nitrogen and oxygen atoms in total. The molecule has 0 fully saturated rings. The number of aromatic nitrogens is 1. The summed E-state index contributed by atoms with van der Waals surface area (Å²) in [6.45, 7) is 0. The summed E-state index contributed by atoms with van der Waals surface area (Å²) in [5.74, 6) is 0. The molecule has 0 spiro atoms. The first-order valence-electron chi connectivity index (χ1n) is 23.1. The van der Waals surface area contributed by atoms with Gasteiger partial charge in [0.2, 0.25) is 0 Å². The second-order valence-electron chi connectivity index (χ2n) is 17.5. The summed E-state index contributed by atoms with van der Waals surface area (Å²) in [5, 5.41) is 12.4. The highest BCUT2D eigenvalue weighted by Gasteiger charge is 2.26. The SMILES string of the molecule is C1=C(c2cccc(-n3c4ccccc4c4ccc5ccccc5c43)c2)C(N(c2ccccc2-c2ccc3ccccc3c2)c2ccc(-c3ccc4ccccc4c3)c3ccccc23)=CCC1. The largest absolute Gasteiger partial charge is 0.309 e. The highest BCUT2D eigenvalue weighted by atomic mass is 15.2. The molecule has 1 aliphatic rings. The van der Waals surface area contributed by atoms with E-state index in [2.05, 4.69) is 252 Å². The molecular formula is C64H44N2. The molecule has 310 valence electrons. The van der Waals surface area contributed by atoms with Crippen molar-refractivity contribution in [2.24, 2.45) is 0 Å². The Hall–Kier alpha value is -8.46. The van der Waals surface area contributed by atoms with Crippen molar-refractivity contribution in [2.75, 3.05) is 4.90 Å². The van der Waals surface area contributed by atoms with Crippen molar-refractivity contribution in [3.05, 3.63) is 254 Å². The summed E-state index contributed by atoms with van der Waals surface area (Å²) in [7, 11) is 0. The van der Waals surface area contributed by atoms with Crippen molar-refractivity contribution < 1.29 is 0 Å². The summed E-state index contributed by atoms with van der Waals surface area (Å²) >= 11 is 0. The van der Waals surface area contributed by atoms with Gasteiger partial charge in [0, 0.05) is 44.1 Å². The summed E-state index contributed by atoms with van der Waals surface area (Å²) in [4.78, 5) is 2.56. The molecule has 2 heteroatoms. The van der Waals surface area contributed by atoms with Crippen LogP contribution in [0.2, 0.25) is 0 Å². The van der Waals surface area contributed by atoms with Gasteiger partial charge in [-0.05, 0) is 110 Å². The Morgan fingerprint density at radius 2 is 0.939 bits per heavy atom. The molecule has 13 rings (SSSR count). The predicted molar refractivity (Wildman–Crippen MR) is 282 cm³/mol. The highest BCUT2D eigenvalue weighted by Crippen LogP contribution is 2.48. The molecule has 1 heterocycles. The summed E-state index contributed by atoms with van der Waals surface area (Å²) in [5.41, 5.74) is 14.3. The first-order chi connectivity index (χ1) is 32.7. The number of hydrogen-bond donors (Lipinski definition) is 0. The minimum Gasteiger partial charge on any atom is -0.309 e. The van der Waals surface area contributed by atoms with E-state index in [1.165, 1.54) is 104 Å². The maximum absolute atomic E-state index is 2.56. The molecule has 66 heavy (non-hydrogen) atoms. The third kappa shape index (κ3) is 6.25. The number of para-hydroxylation sites is 2. The Kier molecular flexibility index (Phi) is 9.02. The second kappa shape index (κ2) is 15.7. The molecule has 0 saturated carbocycles. The van der Waals surface area contributed by atoms with E-state index in [1.54, 1.807) is 0 Å². The van der Waals surface area contributed by atoms with Crippen LogP contribution in [0.5, 0.6) is 0 Å². The van der Waals surface area contributed by atoms with E-state index in [-0.39, 0.29) is 0 Å². The van der Waals surface area contributed by atoms with Gasteiger partial charge in [0.1, 0.15) is 0 Å². The van der Waals surface area contributed by atoms with Gasteiger partial charge in [0.25, 0.3) is 0 Å². The maximum atomic E-state index is 2.56. The van der Waals surface area contributed by atoms with Crippen LogP contribution < -0.4 is 4.90 Å². The number of rotatable bonds is 7. The Morgan fingerprint density at radius 3 is 1.73 bits per heavy atom. The van der Waals surface area contributed by atoms with Crippen LogP contribution in [0.25, 0.3) is 98.4 Å². The van der Waals surface area contributed by atoms with Gasteiger partial charge < -0.3 is 9.47 Å². The molecule has 0 radical (unpaired) electrons. The molecule has 0 aliphatic heterocycles. The minimum atomic E-state index is 0.944. The molecule has 1 aromatic heterocycles. The van der Waals surface area contributed by atoms with Crippen LogP contribution in [-0.4, -0.2) is 4.57 Å². The second-order valence-corrected chi connectivity index (χ2v) is 17.5. The molecule has 0 unspecified atom stereocenters. The third-order valence-electron chi connectivity index (χ3n) is 13.8. The zero-order valence-electron chi connectivity index (χ0n) is 36.4. The first kappa shape index (κ1) is 38.0. The van der Waals surface area contributed by atoms with E-state index in [1.807, 2.05) is 0 Å².